The number of halogens is 3. The van der Waals surface area contributed by atoms with Gasteiger partial charge < -0.3 is 0 Å². The Kier molecular flexibility index (Phi) is 3.37. The first kappa shape index (κ1) is 11.3. The van der Waals surface area contributed by atoms with Gasteiger partial charge in [0.25, 0.3) is 0 Å². The molecule has 0 bridgehead atoms. The van der Waals surface area contributed by atoms with Crippen LogP contribution in [0.4, 0.5) is 8.78 Å². The zero-order valence-corrected chi connectivity index (χ0v) is 9.36. The van der Waals surface area contributed by atoms with E-state index in [0.29, 0.717) is 0 Å². The van der Waals surface area contributed by atoms with Gasteiger partial charge in [-0.25, -0.2) is 8.78 Å². The standard InChI is InChI=1S/C10H9BrF2O/c1-5(2)10(14)6-3-8(12)9(13)4-7(6)11/h3-5H,1-2H3. The number of Topliss-reactive ketones (excluding diaryl/α,β-unsaturated/α-hetero) is 1. The lowest BCUT2D eigenvalue weighted by molar-refractivity contribution is 0.0938. The average molecular weight is 263 g/mol. The quantitative estimate of drug-likeness (QED) is 0.589. The second-order valence-corrected chi connectivity index (χ2v) is 4.12. The van der Waals surface area contributed by atoms with Crippen LogP contribution >= 0.6 is 15.9 Å². The predicted molar refractivity (Wildman–Crippen MR) is 53.2 cm³/mol. The molecule has 0 spiro atoms. The van der Waals surface area contributed by atoms with Crippen molar-refractivity contribution >= 4 is 21.7 Å². The van der Waals surface area contributed by atoms with Crippen LogP contribution in [-0.4, -0.2) is 5.78 Å². The summed E-state index contributed by atoms with van der Waals surface area (Å²) in [4.78, 5) is 11.5. The first-order valence-corrected chi connectivity index (χ1v) is 4.91. The summed E-state index contributed by atoms with van der Waals surface area (Å²) in [5.41, 5.74) is 0.180. The number of rotatable bonds is 2. The normalized spacial score (nSPS) is 10.7. The Labute approximate surface area is 89.3 Å². The highest BCUT2D eigenvalue weighted by atomic mass is 79.9. The Morgan fingerprint density at radius 1 is 1.29 bits per heavy atom. The smallest absolute Gasteiger partial charge is 0.166 e. The molecule has 76 valence electrons. The van der Waals surface area contributed by atoms with Gasteiger partial charge in [0.05, 0.1) is 0 Å². The zero-order chi connectivity index (χ0) is 10.9. The lowest BCUT2D eigenvalue weighted by atomic mass is 10.0. The van der Waals surface area contributed by atoms with E-state index in [1.54, 1.807) is 13.8 Å². The number of ketones is 1. The third-order valence-corrected chi connectivity index (χ3v) is 2.46. The predicted octanol–water partition coefficient (Wildman–Crippen LogP) is 3.57. The molecule has 0 aliphatic rings. The summed E-state index contributed by atoms with van der Waals surface area (Å²) >= 11 is 3.02. The van der Waals surface area contributed by atoms with Crippen molar-refractivity contribution in [2.24, 2.45) is 5.92 Å². The molecule has 1 aromatic carbocycles. The van der Waals surface area contributed by atoms with Crippen LogP contribution in [0.25, 0.3) is 0 Å². The Morgan fingerprint density at radius 3 is 2.29 bits per heavy atom. The SMILES string of the molecule is CC(C)C(=O)c1cc(F)c(F)cc1Br. The minimum absolute atomic E-state index is 0.180. The van der Waals surface area contributed by atoms with Crippen LogP contribution < -0.4 is 0 Å². The molecule has 0 aliphatic carbocycles. The van der Waals surface area contributed by atoms with Crippen LogP contribution in [0, 0.1) is 17.6 Å². The number of carbonyl (C=O) groups excluding carboxylic acids is 1. The van der Waals surface area contributed by atoms with Crippen LogP contribution in [0.5, 0.6) is 0 Å². The molecule has 0 saturated carbocycles. The summed E-state index contributed by atoms with van der Waals surface area (Å²) < 4.78 is 25.8. The van der Waals surface area contributed by atoms with Crippen molar-refractivity contribution in [3.05, 3.63) is 33.8 Å². The first-order valence-electron chi connectivity index (χ1n) is 4.12. The lowest BCUT2D eigenvalue weighted by Gasteiger charge is -2.06. The van der Waals surface area contributed by atoms with Gasteiger partial charge >= 0.3 is 0 Å². The Bertz CT molecular complexity index is 375. The zero-order valence-electron chi connectivity index (χ0n) is 7.77. The van der Waals surface area contributed by atoms with E-state index in [-0.39, 0.29) is 21.7 Å². The maximum atomic E-state index is 12.8. The highest BCUT2D eigenvalue weighted by Gasteiger charge is 2.16. The maximum absolute atomic E-state index is 12.8. The van der Waals surface area contributed by atoms with Gasteiger partial charge in [0, 0.05) is 16.0 Å². The summed E-state index contributed by atoms with van der Waals surface area (Å²) in [6.07, 6.45) is 0. The van der Waals surface area contributed by atoms with Crippen LogP contribution in [0.2, 0.25) is 0 Å². The number of benzene rings is 1. The van der Waals surface area contributed by atoms with Gasteiger partial charge in [-0.1, -0.05) is 13.8 Å². The van der Waals surface area contributed by atoms with Gasteiger partial charge in [0.2, 0.25) is 0 Å². The maximum Gasteiger partial charge on any atom is 0.166 e. The van der Waals surface area contributed by atoms with Crippen LogP contribution in [-0.2, 0) is 0 Å². The monoisotopic (exact) mass is 262 g/mol. The molecule has 0 heterocycles. The minimum Gasteiger partial charge on any atom is -0.294 e. The van der Waals surface area contributed by atoms with Gasteiger partial charge in [-0.2, -0.15) is 0 Å². The fraction of sp³-hybridized carbons (Fsp3) is 0.300. The molecule has 0 fully saturated rings. The molecular formula is C10H9BrF2O. The molecule has 1 rings (SSSR count). The molecule has 0 aromatic heterocycles. The third kappa shape index (κ3) is 2.18. The summed E-state index contributed by atoms with van der Waals surface area (Å²) in [5.74, 6) is -2.42. The van der Waals surface area contributed by atoms with E-state index < -0.39 is 11.6 Å². The van der Waals surface area contributed by atoms with Gasteiger partial charge in [0.15, 0.2) is 17.4 Å². The van der Waals surface area contributed by atoms with Crippen molar-refractivity contribution in [1.29, 1.82) is 0 Å². The molecule has 0 saturated heterocycles. The van der Waals surface area contributed by atoms with Gasteiger partial charge in [0.1, 0.15) is 0 Å². The topological polar surface area (TPSA) is 17.1 Å². The van der Waals surface area contributed by atoms with Gasteiger partial charge in [-0.15, -0.1) is 0 Å². The second-order valence-electron chi connectivity index (χ2n) is 3.27. The summed E-state index contributed by atoms with van der Waals surface area (Å²) in [6, 6.07) is 1.88. The van der Waals surface area contributed by atoms with E-state index in [0.717, 1.165) is 12.1 Å². The largest absolute Gasteiger partial charge is 0.294 e. The molecular weight excluding hydrogens is 254 g/mol. The lowest BCUT2D eigenvalue weighted by Crippen LogP contribution is -2.09. The molecule has 0 atom stereocenters. The fourth-order valence-corrected chi connectivity index (χ4v) is 1.53. The van der Waals surface area contributed by atoms with Gasteiger partial charge in [-0.05, 0) is 28.1 Å². The van der Waals surface area contributed by atoms with Crippen molar-refractivity contribution in [1.82, 2.24) is 0 Å². The van der Waals surface area contributed by atoms with Crippen LogP contribution in [0.1, 0.15) is 24.2 Å². The van der Waals surface area contributed by atoms with Crippen molar-refractivity contribution < 1.29 is 13.6 Å². The number of hydrogen-bond acceptors (Lipinski definition) is 1. The average Bonchev–Trinajstić information content (AvgIpc) is 2.10. The van der Waals surface area contributed by atoms with Crippen molar-refractivity contribution in [2.75, 3.05) is 0 Å². The van der Waals surface area contributed by atoms with E-state index in [2.05, 4.69) is 15.9 Å². The molecule has 0 aliphatic heterocycles. The Hall–Kier alpha value is -0.770. The number of hydrogen-bond donors (Lipinski definition) is 0. The van der Waals surface area contributed by atoms with Crippen LogP contribution in [0.3, 0.4) is 0 Å². The first-order chi connectivity index (χ1) is 6.43. The van der Waals surface area contributed by atoms with Crippen LogP contribution in [0.15, 0.2) is 16.6 Å². The van der Waals surface area contributed by atoms with Crippen molar-refractivity contribution in [3.8, 4) is 0 Å². The molecule has 0 amide bonds. The molecule has 0 unspecified atom stereocenters. The van der Waals surface area contributed by atoms with E-state index in [1.807, 2.05) is 0 Å². The Morgan fingerprint density at radius 2 is 1.79 bits per heavy atom. The summed E-state index contributed by atoms with van der Waals surface area (Å²) in [6.45, 7) is 3.41. The molecule has 0 radical (unpaired) electrons. The van der Waals surface area contributed by atoms with E-state index >= 15 is 0 Å². The molecule has 1 aromatic rings. The fourth-order valence-electron chi connectivity index (χ4n) is 1.02. The van der Waals surface area contributed by atoms with E-state index in [4.69, 9.17) is 0 Å². The van der Waals surface area contributed by atoms with Crippen molar-refractivity contribution in [2.45, 2.75) is 13.8 Å². The molecule has 1 nitrogen and oxygen atoms in total. The second kappa shape index (κ2) is 4.17. The molecule has 4 heteroatoms. The van der Waals surface area contributed by atoms with Gasteiger partial charge in [-0.3, -0.25) is 4.79 Å². The van der Waals surface area contributed by atoms with Crippen molar-refractivity contribution in [3.63, 3.8) is 0 Å². The summed E-state index contributed by atoms with van der Waals surface area (Å²) in [5, 5.41) is 0. The highest BCUT2D eigenvalue weighted by Crippen LogP contribution is 2.23. The highest BCUT2D eigenvalue weighted by molar-refractivity contribution is 9.10. The molecule has 0 N–H and O–H groups in total. The third-order valence-electron chi connectivity index (χ3n) is 1.80. The van der Waals surface area contributed by atoms with E-state index in [9.17, 15) is 13.6 Å². The Balaban J connectivity index is 3.22. The minimum atomic E-state index is -1.00. The molecule has 14 heavy (non-hydrogen) atoms. The van der Waals surface area contributed by atoms with E-state index in [1.165, 1.54) is 0 Å². The summed E-state index contributed by atoms with van der Waals surface area (Å²) in [7, 11) is 0. The number of carbonyl (C=O) groups is 1.